The molecule has 0 aliphatic heterocycles. The van der Waals surface area contributed by atoms with Crippen molar-refractivity contribution in [1.82, 2.24) is 0 Å². The molecule has 0 radical (unpaired) electrons. The second kappa shape index (κ2) is 4.49. The first-order valence-corrected chi connectivity index (χ1v) is 7.02. The van der Waals surface area contributed by atoms with E-state index in [-0.39, 0.29) is 13.7 Å². The molecule has 0 amide bonds. The molecule has 0 unspecified atom stereocenters. The Bertz CT molecular complexity index is 444. The predicted molar refractivity (Wildman–Crippen MR) is 61.9 cm³/mol. The lowest BCUT2D eigenvalue weighted by molar-refractivity contribution is 0.483. The molecular formula is C7H5Br2ClO3S. The van der Waals surface area contributed by atoms with Crippen LogP contribution in [0.1, 0.15) is 9.30 Å². The third kappa shape index (κ3) is 2.93. The van der Waals surface area contributed by atoms with Crippen LogP contribution in [-0.2, 0) is 10.1 Å². The van der Waals surface area contributed by atoms with Gasteiger partial charge < -0.3 is 0 Å². The average molecular weight is 364 g/mol. The highest BCUT2D eigenvalue weighted by atomic mass is 79.9. The number of alkyl halides is 2. The average Bonchev–Trinajstić information content (AvgIpc) is 2.01. The molecule has 1 rings (SSSR count). The van der Waals surface area contributed by atoms with Crippen LogP contribution in [0.25, 0.3) is 0 Å². The molecule has 7 heteroatoms. The van der Waals surface area contributed by atoms with Crippen molar-refractivity contribution in [1.29, 1.82) is 0 Å². The van der Waals surface area contributed by atoms with E-state index in [0.717, 1.165) is 0 Å². The third-order valence-corrected chi connectivity index (χ3v) is 3.67. The van der Waals surface area contributed by atoms with Gasteiger partial charge in [-0.25, -0.2) is 0 Å². The van der Waals surface area contributed by atoms with E-state index >= 15 is 0 Å². The summed E-state index contributed by atoms with van der Waals surface area (Å²) >= 11 is 12.3. The van der Waals surface area contributed by atoms with Gasteiger partial charge in [-0.05, 0) is 17.7 Å². The van der Waals surface area contributed by atoms with Gasteiger partial charge in [-0.15, -0.1) is 0 Å². The molecule has 0 aromatic heterocycles. The summed E-state index contributed by atoms with van der Waals surface area (Å²) in [5.41, 5.74) is 0.694. The monoisotopic (exact) mass is 362 g/mol. The van der Waals surface area contributed by atoms with Crippen LogP contribution in [0.15, 0.2) is 23.1 Å². The lowest BCUT2D eigenvalue weighted by Crippen LogP contribution is -1.98. The normalized spacial score (nSPS) is 12.1. The number of rotatable bonds is 2. The number of hydrogen-bond acceptors (Lipinski definition) is 2. The summed E-state index contributed by atoms with van der Waals surface area (Å²) in [6.45, 7) is 0. The van der Waals surface area contributed by atoms with Crippen LogP contribution < -0.4 is 0 Å². The van der Waals surface area contributed by atoms with Gasteiger partial charge in [0, 0.05) is 5.02 Å². The highest BCUT2D eigenvalue weighted by Crippen LogP contribution is 2.35. The molecule has 0 bridgehead atoms. The number of hydrogen-bond donors (Lipinski definition) is 1. The lowest BCUT2D eigenvalue weighted by Gasteiger charge is -2.06. The van der Waals surface area contributed by atoms with Gasteiger partial charge in [0.1, 0.15) is 0 Å². The maximum atomic E-state index is 10.7. The Kier molecular flexibility index (Phi) is 3.99. The van der Waals surface area contributed by atoms with Gasteiger partial charge in [-0.3, -0.25) is 4.55 Å². The van der Waals surface area contributed by atoms with Crippen LogP contribution in [-0.4, -0.2) is 13.0 Å². The minimum atomic E-state index is -4.18. The van der Waals surface area contributed by atoms with Crippen LogP contribution >= 0.6 is 43.5 Å². The van der Waals surface area contributed by atoms with E-state index in [9.17, 15) is 8.42 Å². The maximum absolute atomic E-state index is 10.7. The Morgan fingerprint density at radius 2 is 1.93 bits per heavy atom. The van der Waals surface area contributed by atoms with E-state index in [1.54, 1.807) is 0 Å². The summed E-state index contributed by atoms with van der Waals surface area (Å²) in [6.07, 6.45) is 0. The van der Waals surface area contributed by atoms with E-state index in [1.165, 1.54) is 18.2 Å². The second-order valence-electron chi connectivity index (χ2n) is 2.46. The van der Waals surface area contributed by atoms with Gasteiger partial charge in [-0.1, -0.05) is 49.5 Å². The molecule has 78 valence electrons. The minimum Gasteiger partial charge on any atom is -0.282 e. The Balaban J connectivity index is 3.27. The van der Waals surface area contributed by atoms with Gasteiger partial charge in [0.05, 0.1) is 8.63 Å². The van der Waals surface area contributed by atoms with Crippen LogP contribution in [0.4, 0.5) is 0 Å². The molecule has 0 atom stereocenters. The fourth-order valence-electron chi connectivity index (χ4n) is 0.845. The maximum Gasteiger partial charge on any atom is 0.294 e. The van der Waals surface area contributed by atoms with E-state index in [4.69, 9.17) is 16.2 Å². The van der Waals surface area contributed by atoms with Gasteiger partial charge in [0.25, 0.3) is 10.1 Å². The van der Waals surface area contributed by atoms with Crippen molar-refractivity contribution in [3.05, 3.63) is 28.8 Å². The SMILES string of the molecule is O=S(=O)(O)c1ccc(C(Br)Br)c(Cl)c1. The third-order valence-electron chi connectivity index (χ3n) is 1.50. The van der Waals surface area contributed by atoms with Gasteiger partial charge in [0.2, 0.25) is 0 Å². The summed E-state index contributed by atoms with van der Waals surface area (Å²) in [5, 5.41) is 0.263. The lowest BCUT2D eigenvalue weighted by atomic mass is 10.2. The molecule has 1 N–H and O–H groups in total. The van der Waals surface area contributed by atoms with Crippen molar-refractivity contribution in [3.63, 3.8) is 0 Å². The zero-order valence-electron chi connectivity index (χ0n) is 6.62. The van der Waals surface area contributed by atoms with Gasteiger partial charge in [-0.2, -0.15) is 8.42 Å². The molecule has 3 nitrogen and oxygen atoms in total. The molecule has 0 spiro atoms. The summed E-state index contributed by atoms with van der Waals surface area (Å²) in [7, 11) is -4.18. The quantitative estimate of drug-likeness (QED) is 0.647. The van der Waals surface area contributed by atoms with E-state index < -0.39 is 10.1 Å². The number of benzene rings is 1. The van der Waals surface area contributed by atoms with Crippen molar-refractivity contribution in [2.24, 2.45) is 0 Å². The van der Waals surface area contributed by atoms with Crippen molar-refractivity contribution in [2.45, 2.75) is 8.63 Å². The van der Waals surface area contributed by atoms with Crippen LogP contribution in [0, 0.1) is 0 Å². The Hall–Kier alpha value is 0.380. The first-order valence-electron chi connectivity index (χ1n) is 3.37. The van der Waals surface area contributed by atoms with Crippen LogP contribution in [0.2, 0.25) is 5.02 Å². The van der Waals surface area contributed by atoms with E-state index in [1.807, 2.05) is 0 Å². The Labute approximate surface area is 103 Å². The highest BCUT2D eigenvalue weighted by molar-refractivity contribution is 9.24. The van der Waals surface area contributed by atoms with E-state index in [0.29, 0.717) is 5.56 Å². The molecule has 0 aliphatic rings. The number of halogens is 3. The summed E-state index contributed by atoms with van der Waals surface area (Å²) in [6, 6.07) is 3.99. The Morgan fingerprint density at radius 1 is 1.36 bits per heavy atom. The Morgan fingerprint density at radius 3 is 2.29 bits per heavy atom. The van der Waals surface area contributed by atoms with Crippen molar-refractivity contribution < 1.29 is 13.0 Å². The molecule has 0 saturated heterocycles. The topological polar surface area (TPSA) is 54.4 Å². The predicted octanol–water partition coefficient (Wildman–Crippen LogP) is 3.38. The van der Waals surface area contributed by atoms with Crippen molar-refractivity contribution in [2.75, 3.05) is 0 Å². The zero-order chi connectivity index (χ0) is 10.9. The fraction of sp³-hybridized carbons (Fsp3) is 0.143. The minimum absolute atomic E-state index is 0.155. The summed E-state index contributed by atoms with van der Waals surface area (Å²) in [4.78, 5) is -0.216. The molecule has 0 heterocycles. The first-order chi connectivity index (χ1) is 6.32. The van der Waals surface area contributed by atoms with Crippen molar-refractivity contribution >= 4 is 53.6 Å². The van der Waals surface area contributed by atoms with Crippen LogP contribution in [0.3, 0.4) is 0 Å². The van der Waals surface area contributed by atoms with Gasteiger partial charge >= 0.3 is 0 Å². The summed E-state index contributed by atoms with van der Waals surface area (Å²) < 4.78 is 30.1. The zero-order valence-corrected chi connectivity index (χ0v) is 11.4. The first kappa shape index (κ1) is 12.4. The highest BCUT2D eigenvalue weighted by Gasteiger charge is 2.14. The summed E-state index contributed by atoms with van der Waals surface area (Å²) in [5.74, 6) is 0. The molecule has 0 saturated carbocycles. The molecular weight excluding hydrogens is 359 g/mol. The van der Waals surface area contributed by atoms with Crippen LogP contribution in [0.5, 0.6) is 0 Å². The van der Waals surface area contributed by atoms with Crippen molar-refractivity contribution in [3.8, 4) is 0 Å². The molecule has 0 fully saturated rings. The molecule has 1 aromatic carbocycles. The molecule has 14 heavy (non-hydrogen) atoms. The fourth-order valence-corrected chi connectivity index (χ4v) is 2.77. The standard InChI is InChI=1S/C7H5Br2ClO3S/c8-7(9)5-2-1-4(3-6(5)10)14(11,12)13/h1-3,7H,(H,11,12,13). The van der Waals surface area contributed by atoms with Gasteiger partial charge in [0.15, 0.2) is 0 Å². The molecule has 1 aromatic rings. The molecule has 0 aliphatic carbocycles. The smallest absolute Gasteiger partial charge is 0.282 e. The van der Waals surface area contributed by atoms with E-state index in [2.05, 4.69) is 31.9 Å². The second-order valence-corrected chi connectivity index (χ2v) is 7.35. The largest absolute Gasteiger partial charge is 0.294 e.